The van der Waals surface area contributed by atoms with Crippen molar-refractivity contribution in [3.63, 3.8) is 0 Å². The lowest BCUT2D eigenvalue weighted by Gasteiger charge is -2.54. The maximum atomic E-state index is 6.01. The number of ether oxygens (including phenoxy) is 1. The third-order valence-corrected chi connectivity index (χ3v) is 4.46. The van der Waals surface area contributed by atoms with E-state index in [1.165, 1.54) is 45.2 Å². The number of nitrogens with two attached hydrogens (primary N) is 1. The first-order chi connectivity index (χ1) is 7.80. The zero-order valence-electron chi connectivity index (χ0n) is 10.6. The summed E-state index contributed by atoms with van der Waals surface area (Å²) in [6.45, 7) is 3.29. The summed E-state index contributed by atoms with van der Waals surface area (Å²) in [6.07, 6.45) is 9.63. The Balaban J connectivity index is 1.92. The summed E-state index contributed by atoms with van der Waals surface area (Å²) in [4.78, 5) is 2.65. The summed E-state index contributed by atoms with van der Waals surface area (Å²) in [7, 11) is 1.82. The van der Waals surface area contributed by atoms with Crippen LogP contribution in [0.5, 0.6) is 0 Å². The van der Waals surface area contributed by atoms with E-state index in [1.54, 1.807) is 0 Å². The van der Waals surface area contributed by atoms with Crippen LogP contribution in [-0.4, -0.2) is 43.3 Å². The Morgan fingerprint density at radius 3 is 2.19 bits per heavy atom. The Morgan fingerprint density at radius 1 is 1.12 bits per heavy atom. The molecule has 2 aliphatic rings. The summed E-state index contributed by atoms with van der Waals surface area (Å²) in [5.74, 6) is 0. The van der Waals surface area contributed by atoms with Gasteiger partial charge in [0.25, 0.3) is 0 Å². The normalized spacial score (nSPS) is 37.5. The minimum atomic E-state index is 0.276. The number of hydrogen-bond donors (Lipinski definition) is 1. The highest BCUT2D eigenvalue weighted by atomic mass is 16.5. The maximum Gasteiger partial charge on any atom is 0.0607 e. The molecule has 0 atom stereocenters. The van der Waals surface area contributed by atoms with Crippen molar-refractivity contribution in [2.45, 2.75) is 56.6 Å². The van der Waals surface area contributed by atoms with Gasteiger partial charge in [-0.2, -0.15) is 0 Å². The molecular weight excluding hydrogens is 200 g/mol. The van der Waals surface area contributed by atoms with Crippen LogP contribution >= 0.6 is 0 Å². The van der Waals surface area contributed by atoms with Crippen molar-refractivity contribution in [2.75, 3.05) is 26.7 Å². The molecule has 0 aromatic rings. The smallest absolute Gasteiger partial charge is 0.0607 e. The molecule has 3 heteroatoms. The molecule has 2 N–H and O–H groups in total. The Morgan fingerprint density at radius 2 is 1.69 bits per heavy atom. The van der Waals surface area contributed by atoms with Crippen molar-refractivity contribution >= 4 is 0 Å². The van der Waals surface area contributed by atoms with E-state index in [-0.39, 0.29) is 5.54 Å². The van der Waals surface area contributed by atoms with Gasteiger partial charge in [0.15, 0.2) is 0 Å². The number of rotatable bonds is 3. The highest BCUT2D eigenvalue weighted by Gasteiger charge is 2.47. The van der Waals surface area contributed by atoms with Gasteiger partial charge in [-0.15, -0.1) is 0 Å². The average molecular weight is 226 g/mol. The predicted octanol–water partition coefficient (Wildman–Crippen LogP) is 1.76. The van der Waals surface area contributed by atoms with Gasteiger partial charge in [-0.1, -0.05) is 19.3 Å². The van der Waals surface area contributed by atoms with Crippen LogP contribution in [0.4, 0.5) is 0 Å². The molecule has 0 bridgehead atoms. The maximum absolute atomic E-state index is 6.01. The van der Waals surface area contributed by atoms with Gasteiger partial charge in [0.05, 0.1) is 6.10 Å². The van der Waals surface area contributed by atoms with Crippen LogP contribution in [0.15, 0.2) is 0 Å². The van der Waals surface area contributed by atoms with Gasteiger partial charge in [0.2, 0.25) is 0 Å². The van der Waals surface area contributed by atoms with Crippen LogP contribution in [0.2, 0.25) is 0 Å². The molecule has 3 nitrogen and oxygen atoms in total. The molecule has 94 valence electrons. The summed E-state index contributed by atoms with van der Waals surface area (Å²) in [6, 6.07) is 0. The third kappa shape index (κ3) is 2.41. The second-order valence-corrected chi connectivity index (χ2v) is 5.45. The van der Waals surface area contributed by atoms with Crippen LogP contribution in [0.25, 0.3) is 0 Å². The van der Waals surface area contributed by atoms with E-state index in [9.17, 15) is 0 Å². The van der Waals surface area contributed by atoms with Crippen LogP contribution in [0.3, 0.4) is 0 Å². The van der Waals surface area contributed by atoms with Crippen molar-refractivity contribution < 1.29 is 4.74 Å². The van der Waals surface area contributed by atoms with E-state index < -0.39 is 0 Å². The van der Waals surface area contributed by atoms with Gasteiger partial charge in [-0.3, -0.25) is 4.90 Å². The fraction of sp³-hybridized carbons (Fsp3) is 1.00. The van der Waals surface area contributed by atoms with Crippen molar-refractivity contribution in [2.24, 2.45) is 5.73 Å². The quantitative estimate of drug-likeness (QED) is 0.797. The van der Waals surface area contributed by atoms with Gasteiger partial charge < -0.3 is 10.5 Å². The van der Waals surface area contributed by atoms with E-state index in [0.717, 1.165) is 19.4 Å². The number of methoxy groups -OCH3 is 1. The molecule has 1 saturated carbocycles. The number of nitrogens with zero attached hydrogens (tertiary/aromatic N) is 1. The fourth-order valence-electron chi connectivity index (χ4n) is 3.23. The van der Waals surface area contributed by atoms with Crippen molar-refractivity contribution in [3.8, 4) is 0 Å². The lowest BCUT2D eigenvalue weighted by molar-refractivity contribution is -0.0891. The molecule has 1 aliphatic carbocycles. The predicted molar refractivity (Wildman–Crippen MR) is 66.5 cm³/mol. The second-order valence-electron chi connectivity index (χ2n) is 5.45. The first-order valence-electron chi connectivity index (χ1n) is 6.79. The summed E-state index contributed by atoms with van der Waals surface area (Å²) >= 11 is 0. The molecule has 16 heavy (non-hydrogen) atoms. The van der Waals surface area contributed by atoms with E-state index in [0.29, 0.717) is 6.10 Å². The number of hydrogen-bond acceptors (Lipinski definition) is 3. The topological polar surface area (TPSA) is 38.5 Å². The molecule has 1 aliphatic heterocycles. The van der Waals surface area contributed by atoms with Crippen molar-refractivity contribution in [3.05, 3.63) is 0 Å². The standard InChI is InChI=1S/C13H26N2O/c1-16-12-9-13(10-12,11-14)15-7-5-3-2-4-6-8-15/h12H,2-11,14H2,1H3. The first kappa shape index (κ1) is 12.3. The van der Waals surface area contributed by atoms with Crippen LogP contribution in [0, 0.1) is 0 Å². The minimum Gasteiger partial charge on any atom is -0.381 e. The lowest BCUT2D eigenvalue weighted by atomic mass is 9.72. The average Bonchev–Trinajstić information content (AvgIpc) is 2.19. The lowest BCUT2D eigenvalue weighted by Crippen LogP contribution is -2.64. The molecule has 2 rings (SSSR count). The molecule has 2 fully saturated rings. The Kier molecular flexibility index (Phi) is 4.22. The molecule has 0 unspecified atom stereocenters. The Labute approximate surface area is 99.3 Å². The van der Waals surface area contributed by atoms with Crippen LogP contribution < -0.4 is 5.73 Å². The van der Waals surface area contributed by atoms with E-state index in [1.807, 2.05) is 7.11 Å². The highest BCUT2D eigenvalue weighted by molar-refractivity contribution is 5.04. The monoisotopic (exact) mass is 226 g/mol. The molecule has 0 radical (unpaired) electrons. The molecule has 0 spiro atoms. The highest BCUT2D eigenvalue weighted by Crippen LogP contribution is 2.39. The summed E-state index contributed by atoms with van der Waals surface area (Å²) in [5, 5.41) is 0. The van der Waals surface area contributed by atoms with E-state index >= 15 is 0 Å². The van der Waals surface area contributed by atoms with Gasteiger partial charge in [-0.25, -0.2) is 0 Å². The molecule has 0 aromatic heterocycles. The van der Waals surface area contributed by atoms with Crippen LogP contribution in [0.1, 0.15) is 44.9 Å². The Bertz CT molecular complexity index is 206. The van der Waals surface area contributed by atoms with Gasteiger partial charge in [0, 0.05) is 19.2 Å². The van der Waals surface area contributed by atoms with Gasteiger partial charge in [0.1, 0.15) is 0 Å². The second kappa shape index (κ2) is 5.48. The zero-order chi connectivity index (χ0) is 11.4. The summed E-state index contributed by atoms with van der Waals surface area (Å²) in [5.41, 5.74) is 6.29. The van der Waals surface area contributed by atoms with Crippen molar-refractivity contribution in [1.29, 1.82) is 0 Å². The van der Waals surface area contributed by atoms with Gasteiger partial charge >= 0.3 is 0 Å². The Hall–Kier alpha value is -0.120. The number of likely N-dealkylation sites (tertiary alicyclic amines) is 1. The summed E-state index contributed by atoms with van der Waals surface area (Å²) < 4.78 is 5.41. The van der Waals surface area contributed by atoms with Crippen LogP contribution in [-0.2, 0) is 4.74 Å². The first-order valence-corrected chi connectivity index (χ1v) is 6.79. The van der Waals surface area contributed by atoms with Gasteiger partial charge in [-0.05, 0) is 38.8 Å². The largest absolute Gasteiger partial charge is 0.381 e. The van der Waals surface area contributed by atoms with Crippen molar-refractivity contribution in [1.82, 2.24) is 4.90 Å². The minimum absolute atomic E-state index is 0.276. The third-order valence-electron chi connectivity index (χ3n) is 4.46. The molecule has 0 aromatic carbocycles. The molecule has 1 saturated heterocycles. The van der Waals surface area contributed by atoms with E-state index in [4.69, 9.17) is 10.5 Å². The van der Waals surface area contributed by atoms with E-state index in [2.05, 4.69) is 4.90 Å². The molecular formula is C13H26N2O. The molecule has 0 amide bonds. The molecule has 1 heterocycles. The SMILES string of the molecule is COC1CC(CN)(N2CCCCCCC2)C1. The zero-order valence-corrected chi connectivity index (χ0v) is 10.6. The fourth-order valence-corrected chi connectivity index (χ4v) is 3.23.